The van der Waals surface area contributed by atoms with Gasteiger partial charge in [-0.15, -0.1) is 0 Å². The summed E-state index contributed by atoms with van der Waals surface area (Å²) >= 11 is 0. The Bertz CT molecular complexity index is 1400. The Balaban J connectivity index is 4.44. The molecule has 420 valence electrons. The van der Waals surface area contributed by atoms with E-state index in [1.807, 2.05) is 6.08 Å². The van der Waals surface area contributed by atoms with Gasteiger partial charge < -0.3 is 14.2 Å². The molecular weight excluding hydrogens is 901 g/mol. The molecule has 0 aromatic rings. The van der Waals surface area contributed by atoms with Crippen molar-refractivity contribution in [3.8, 4) is 0 Å². The zero-order valence-electron chi connectivity index (χ0n) is 48.1. The van der Waals surface area contributed by atoms with Gasteiger partial charge in [-0.25, -0.2) is 0 Å². The number of esters is 3. The number of carbonyl (C=O) groups excluding carboxylic acids is 3. The third kappa shape index (κ3) is 59.3. The van der Waals surface area contributed by atoms with Crippen molar-refractivity contribution in [2.24, 2.45) is 0 Å². The molecule has 1 atom stereocenters. The highest BCUT2D eigenvalue weighted by atomic mass is 16.6. The molecule has 0 unspecified atom stereocenters. The van der Waals surface area contributed by atoms with Gasteiger partial charge in [0.25, 0.3) is 0 Å². The van der Waals surface area contributed by atoms with Gasteiger partial charge in [-0.05, 0) is 83.5 Å². The second kappa shape index (κ2) is 61.1. The molecule has 6 nitrogen and oxygen atoms in total. The van der Waals surface area contributed by atoms with Crippen molar-refractivity contribution in [3.05, 3.63) is 85.1 Å². The average molecular weight is 1020 g/mol. The number of unbranched alkanes of at least 4 members (excludes halogenated alkanes) is 31. The molecule has 0 heterocycles. The highest BCUT2D eigenvalue weighted by Crippen LogP contribution is 2.17. The van der Waals surface area contributed by atoms with Crippen LogP contribution in [0.4, 0.5) is 0 Å². The highest BCUT2D eigenvalue weighted by Gasteiger charge is 2.19. The number of allylic oxidation sites excluding steroid dienone is 14. The molecule has 0 aliphatic heterocycles. The Morgan fingerprint density at radius 3 is 0.904 bits per heavy atom. The SMILES string of the molecule is CC/C=C\C/C=C\C/C=C\C/C=C\C/C=C\C/C=C\CCC(=O)O[C@H](COC(=O)CCCCCCCCC/C=C\CCCCCC)COC(=O)CCCCCCCCCCCCCCCCCCCCCCC. The van der Waals surface area contributed by atoms with E-state index < -0.39 is 6.10 Å². The second-order valence-corrected chi connectivity index (χ2v) is 20.6. The minimum atomic E-state index is -0.818. The lowest BCUT2D eigenvalue weighted by atomic mass is 10.0. The van der Waals surface area contributed by atoms with Crippen LogP contribution in [-0.4, -0.2) is 37.2 Å². The number of hydrogen-bond donors (Lipinski definition) is 0. The van der Waals surface area contributed by atoms with E-state index in [4.69, 9.17) is 14.2 Å². The van der Waals surface area contributed by atoms with Crippen molar-refractivity contribution in [1.29, 1.82) is 0 Å². The lowest BCUT2D eigenvalue weighted by Crippen LogP contribution is -2.30. The quantitative estimate of drug-likeness (QED) is 0.0261. The van der Waals surface area contributed by atoms with Gasteiger partial charge in [0.15, 0.2) is 6.10 Å². The maximum atomic E-state index is 12.9. The van der Waals surface area contributed by atoms with Gasteiger partial charge >= 0.3 is 17.9 Å². The van der Waals surface area contributed by atoms with Gasteiger partial charge in [0, 0.05) is 19.3 Å². The molecule has 6 heteroatoms. The molecule has 0 amide bonds. The van der Waals surface area contributed by atoms with E-state index in [2.05, 4.69) is 99.8 Å². The van der Waals surface area contributed by atoms with Crippen LogP contribution in [0.25, 0.3) is 0 Å². The minimum Gasteiger partial charge on any atom is -0.462 e. The summed E-state index contributed by atoms with van der Waals surface area (Å²) in [6.07, 6.45) is 80.3. The van der Waals surface area contributed by atoms with Gasteiger partial charge in [0.2, 0.25) is 0 Å². The Labute approximate surface area is 452 Å². The van der Waals surface area contributed by atoms with Crippen LogP contribution in [0.2, 0.25) is 0 Å². The first-order chi connectivity index (χ1) is 36.0. The second-order valence-electron chi connectivity index (χ2n) is 20.6. The van der Waals surface area contributed by atoms with E-state index in [9.17, 15) is 14.4 Å². The maximum Gasteiger partial charge on any atom is 0.306 e. The van der Waals surface area contributed by atoms with Crippen LogP contribution in [0.1, 0.15) is 303 Å². The monoisotopic (exact) mass is 1020 g/mol. The van der Waals surface area contributed by atoms with Crippen molar-refractivity contribution in [2.75, 3.05) is 13.2 Å². The van der Waals surface area contributed by atoms with Crippen molar-refractivity contribution in [1.82, 2.24) is 0 Å². The van der Waals surface area contributed by atoms with E-state index in [1.54, 1.807) is 0 Å². The molecule has 0 aliphatic carbocycles. The van der Waals surface area contributed by atoms with Gasteiger partial charge in [-0.2, -0.15) is 0 Å². The first-order valence-electron chi connectivity index (χ1n) is 31.1. The summed E-state index contributed by atoms with van der Waals surface area (Å²) in [5, 5.41) is 0. The standard InChI is InChI=1S/C67H116O6/c1-4-7-10-13-16-19-22-25-28-30-32-33-35-36-39-42-45-48-51-54-57-60-66(69)72-63-64(62-71-65(68)59-56-53-50-47-44-41-38-27-24-21-18-15-12-9-6-3)73-67(70)61-58-55-52-49-46-43-40-37-34-31-29-26-23-20-17-14-11-8-5-2/h8,11,17,20-21,24,26,29,34,37,43,46,52,55,64H,4-7,9-10,12-16,18-19,22-23,25,27-28,30-33,35-36,38-42,44-45,47-51,53-54,56-63H2,1-3H3/b11-8-,20-17-,24-21-,29-26-,37-34-,46-43-,55-52-/t64-/m1/s1. The molecular formula is C67H116O6. The summed E-state index contributed by atoms with van der Waals surface area (Å²) in [5.41, 5.74) is 0. The van der Waals surface area contributed by atoms with Crippen LogP contribution in [0.15, 0.2) is 85.1 Å². The predicted octanol–water partition coefficient (Wildman–Crippen LogP) is 21.1. The van der Waals surface area contributed by atoms with E-state index in [0.29, 0.717) is 19.3 Å². The fourth-order valence-corrected chi connectivity index (χ4v) is 8.76. The molecule has 0 radical (unpaired) electrons. The molecule has 73 heavy (non-hydrogen) atoms. The first kappa shape index (κ1) is 69.6. The Hall–Kier alpha value is -3.41. The summed E-state index contributed by atoms with van der Waals surface area (Å²) in [4.78, 5) is 38.2. The summed E-state index contributed by atoms with van der Waals surface area (Å²) in [7, 11) is 0. The number of rotatable bonds is 56. The fraction of sp³-hybridized carbons (Fsp3) is 0.746. The Morgan fingerprint density at radius 1 is 0.288 bits per heavy atom. The number of hydrogen-bond acceptors (Lipinski definition) is 6. The summed E-state index contributed by atoms with van der Waals surface area (Å²) in [6, 6.07) is 0. The molecule has 0 bridgehead atoms. The van der Waals surface area contributed by atoms with Gasteiger partial charge in [-0.1, -0.05) is 286 Å². The highest BCUT2D eigenvalue weighted by molar-refractivity contribution is 5.71. The molecule has 0 aromatic carbocycles. The van der Waals surface area contributed by atoms with Crippen LogP contribution < -0.4 is 0 Å². The minimum absolute atomic E-state index is 0.105. The van der Waals surface area contributed by atoms with Crippen LogP contribution >= 0.6 is 0 Å². The molecule has 0 aliphatic rings. The van der Waals surface area contributed by atoms with Gasteiger partial charge in [0.1, 0.15) is 13.2 Å². The molecule has 0 saturated carbocycles. The third-order valence-corrected chi connectivity index (χ3v) is 13.4. The van der Waals surface area contributed by atoms with E-state index in [1.165, 1.54) is 180 Å². The van der Waals surface area contributed by atoms with E-state index in [0.717, 1.165) is 77.0 Å². The predicted molar refractivity (Wildman–Crippen MR) is 316 cm³/mol. The molecule has 0 saturated heterocycles. The maximum absolute atomic E-state index is 12.9. The summed E-state index contributed by atoms with van der Waals surface area (Å²) < 4.78 is 16.8. The largest absolute Gasteiger partial charge is 0.462 e. The smallest absolute Gasteiger partial charge is 0.306 e. The first-order valence-corrected chi connectivity index (χ1v) is 31.1. The molecule has 0 N–H and O–H groups in total. The van der Waals surface area contributed by atoms with Gasteiger partial charge in [-0.3, -0.25) is 14.4 Å². The molecule has 0 rings (SSSR count). The van der Waals surface area contributed by atoms with Gasteiger partial charge in [0.05, 0.1) is 0 Å². The third-order valence-electron chi connectivity index (χ3n) is 13.4. The zero-order chi connectivity index (χ0) is 52.9. The Morgan fingerprint density at radius 2 is 0.562 bits per heavy atom. The normalized spacial score (nSPS) is 12.6. The van der Waals surface area contributed by atoms with Crippen LogP contribution in [0.5, 0.6) is 0 Å². The summed E-state index contributed by atoms with van der Waals surface area (Å²) in [5.74, 6) is -0.983. The molecule has 0 fully saturated rings. The van der Waals surface area contributed by atoms with Crippen molar-refractivity contribution in [3.63, 3.8) is 0 Å². The number of carbonyl (C=O) groups is 3. The van der Waals surface area contributed by atoms with Crippen molar-refractivity contribution < 1.29 is 28.6 Å². The Kier molecular flexibility index (Phi) is 58.3. The molecule has 0 spiro atoms. The van der Waals surface area contributed by atoms with Crippen LogP contribution in [-0.2, 0) is 28.6 Å². The van der Waals surface area contributed by atoms with Crippen LogP contribution in [0, 0.1) is 0 Å². The fourth-order valence-electron chi connectivity index (χ4n) is 8.76. The average Bonchev–Trinajstić information content (AvgIpc) is 3.39. The van der Waals surface area contributed by atoms with E-state index >= 15 is 0 Å². The topological polar surface area (TPSA) is 78.9 Å². The lowest BCUT2D eigenvalue weighted by Gasteiger charge is -2.18. The molecule has 0 aromatic heterocycles. The summed E-state index contributed by atoms with van der Waals surface area (Å²) in [6.45, 7) is 6.48. The zero-order valence-corrected chi connectivity index (χ0v) is 48.1. The van der Waals surface area contributed by atoms with Crippen LogP contribution in [0.3, 0.4) is 0 Å². The lowest BCUT2D eigenvalue weighted by molar-refractivity contribution is -0.166. The number of ether oxygens (including phenoxy) is 3. The van der Waals surface area contributed by atoms with E-state index in [-0.39, 0.29) is 37.5 Å². The van der Waals surface area contributed by atoms with Crippen molar-refractivity contribution in [2.45, 2.75) is 309 Å². The van der Waals surface area contributed by atoms with Crippen molar-refractivity contribution >= 4 is 17.9 Å².